The van der Waals surface area contributed by atoms with Crippen molar-refractivity contribution in [2.45, 2.75) is 38.2 Å². The van der Waals surface area contributed by atoms with Gasteiger partial charge in [0.25, 0.3) is 11.8 Å². The van der Waals surface area contributed by atoms with Crippen molar-refractivity contribution in [3.63, 3.8) is 0 Å². The number of hydrogen-bond donors (Lipinski definition) is 2. The lowest BCUT2D eigenvalue weighted by atomic mass is 9.95. The molecule has 2 N–H and O–H groups in total. The van der Waals surface area contributed by atoms with E-state index in [4.69, 9.17) is 14.5 Å². The summed E-state index contributed by atoms with van der Waals surface area (Å²) in [6.07, 6.45) is 1.75. The van der Waals surface area contributed by atoms with Gasteiger partial charge in [0.2, 0.25) is 0 Å². The van der Waals surface area contributed by atoms with Gasteiger partial charge in [0.15, 0.2) is 0 Å². The van der Waals surface area contributed by atoms with Gasteiger partial charge in [0.1, 0.15) is 28.6 Å². The van der Waals surface area contributed by atoms with Crippen LogP contribution in [-0.4, -0.2) is 66.6 Å². The number of likely N-dealkylation sites (tertiary alicyclic amines) is 1. The predicted molar refractivity (Wildman–Crippen MR) is 114 cm³/mol. The van der Waals surface area contributed by atoms with Crippen molar-refractivity contribution in [3.8, 4) is 17.0 Å². The smallest absolute Gasteiger partial charge is 0.269 e. The lowest BCUT2D eigenvalue weighted by Crippen LogP contribution is -2.49. The average molecular weight is 415 g/mol. The van der Waals surface area contributed by atoms with Crippen molar-refractivity contribution in [1.82, 2.24) is 20.2 Å². The lowest BCUT2D eigenvalue weighted by Gasteiger charge is -2.36. The molecule has 1 aromatic carbocycles. The molecule has 0 spiro atoms. The minimum atomic E-state index is -0.868. The predicted octanol–water partition coefficient (Wildman–Crippen LogP) is 2.58. The normalized spacial score (nSPS) is 17.0. The van der Waals surface area contributed by atoms with Crippen LogP contribution in [0.25, 0.3) is 11.3 Å². The molecule has 2 aromatic rings. The number of benzene rings is 1. The molecule has 8 heteroatoms. The molecule has 1 aliphatic rings. The molecule has 1 saturated heterocycles. The Bertz CT molecular complexity index is 904. The molecule has 1 aliphatic heterocycles. The highest BCUT2D eigenvalue weighted by molar-refractivity contribution is 5.98. The fourth-order valence-electron chi connectivity index (χ4n) is 3.68. The molecule has 1 fully saturated rings. The van der Waals surface area contributed by atoms with Gasteiger partial charge in [-0.05, 0) is 51.0 Å². The molecule has 0 saturated carbocycles. The Morgan fingerprint density at radius 2 is 1.93 bits per heavy atom. The lowest BCUT2D eigenvalue weighted by molar-refractivity contribution is -0.152. The van der Waals surface area contributed by atoms with Gasteiger partial charge >= 0.3 is 0 Å². The minimum absolute atomic E-state index is 0.0192. The summed E-state index contributed by atoms with van der Waals surface area (Å²) in [7, 11) is 4.75. The topological polar surface area (TPSA) is 96.6 Å². The summed E-state index contributed by atoms with van der Waals surface area (Å²) >= 11 is 0. The third-order valence-electron chi connectivity index (χ3n) is 5.66. The van der Waals surface area contributed by atoms with Crippen molar-refractivity contribution >= 4 is 11.8 Å². The third-order valence-corrected chi connectivity index (χ3v) is 5.66. The van der Waals surface area contributed by atoms with Gasteiger partial charge in [0.05, 0.1) is 7.11 Å². The number of imidazole rings is 1. The number of aromatic amines is 1. The number of hydrogen-bond acceptors (Lipinski definition) is 5. The summed E-state index contributed by atoms with van der Waals surface area (Å²) in [6.45, 7) is 4.78. The molecule has 8 nitrogen and oxygen atoms in total. The molecule has 2 heterocycles. The molecular weight excluding hydrogens is 384 g/mol. The molecule has 162 valence electrons. The van der Waals surface area contributed by atoms with Crippen LogP contribution in [0.15, 0.2) is 24.3 Å². The molecule has 30 heavy (non-hydrogen) atoms. The maximum absolute atomic E-state index is 12.8. The zero-order valence-electron chi connectivity index (χ0n) is 18.2. The van der Waals surface area contributed by atoms with Crippen LogP contribution in [0.4, 0.5) is 0 Å². The maximum atomic E-state index is 12.8. The minimum Gasteiger partial charge on any atom is -0.497 e. The molecule has 0 aliphatic carbocycles. The van der Waals surface area contributed by atoms with E-state index in [0.717, 1.165) is 24.2 Å². The number of rotatable bonds is 6. The largest absolute Gasteiger partial charge is 0.497 e. The van der Waals surface area contributed by atoms with Gasteiger partial charge in [-0.15, -0.1) is 0 Å². The Balaban J connectivity index is 1.91. The van der Waals surface area contributed by atoms with Gasteiger partial charge in [-0.25, -0.2) is 4.98 Å². The van der Waals surface area contributed by atoms with Gasteiger partial charge in [-0.1, -0.05) is 0 Å². The quantitative estimate of drug-likeness (QED) is 0.757. The highest BCUT2D eigenvalue weighted by Gasteiger charge is 2.36. The SMILES string of the molecule is CNC(=O)c1[nH]c([C@H]2CCCN(C(=O)C(C)(C)OC)C2)nc1-c1ccc(OC)cc1. The number of amides is 2. The Morgan fingerprint density at radius 3 is 2.53 bits per heavy atom. The second kappa shape index (κ2) is 8.87. The van der Waals surface area contributed by atoms with E-state index in [1.165, 1.54) is 0 Å². The van der Waals surface area contributed by atoms with Gasteiger partial charge in [-0.2, -0.15) is 0 Å². The summed E-state index contributed by atoms with van der Waals surface area (Å²) in [5.41, 5.74) is 0.958. The van der Waals surface area contributed by atoms with Crippen molar-refractivity contribution in [2.24, 2.45) is 0 Å². The second-order valence-electron chi connectivity index (χ2n) is 7.96. The van der Waals surface area contributed by atoms with Crippen LogP contribution in [0.5, 0.6) is 5.75 Å². The van der Waals surface area contributed by atoms with Crippen LogP contribution < -0.4 is 10.1 Å². The highest BCUT2D eigenvalue weighted by atomic mass is 16.5. The van der Waals surface area contributed by atoms with Gasteiger partial charge < -0.3 is 24.7 Å². The van der Waals surface area contributed by atoms with Crippen LogP contribution in [0.1, 0.15) is 48.9 Å². The number of nitrogens with zero attached hydrogens (tertiary/aromatic N) is 2. The first-order valence-electron chi connectivity index (χ1n) is 10.1. The molecule has 0 radical (unpaired) electrons. The number of piperidine rings is 1. The van der Waals surface area contributed by atoms with E-state index in [9.17, 15) is 9.59 Å². The standard InChI is InChI=1S/C22H30N4O4/c1-22(2,30-5)21(28)26-12-6-7-15(13-26)19-24-17(18(25-19)20(27)23-3)14-8-10-16(29-4)11-9-14/h8-11,15H,6-7,12-13H2,1-5H3,(H,23,27)(H,24,25)/t15-/m0/s1. The number of methoxy groups -OCH3 is 2. The molecular formula is C22H30N4O4. The van der Waals surface area contributed by atoms with E-state index in [2.05, 4.69) is 10.3 Å². The Hall–Kier alpha value is -2.87. The number of ether oxygens (including phenoxy) is 2. The number of aromatic nitrogens is 2. The first kappa shape index (κ1) is 21.8. The second-order valence-corrected chi connectivity index (χ2v) is 7.96. The van der Waals surface area contributed by atoms with Crippen molar-refractivity contribution in [3.05, 3.63) is 35.8 Å². The number of carbonyl (C=O) groups is 2. The third kappa shape index (κ3) is 4.33. The zero-order valence-corrected chi connectivity index (χ0v) is 18.2. The molecule has 1 aromatic heterocycles. The first-order valence-corrected chi connectivity index (χ1v) is 10.1. The Labute approximate surface area is 177 Å². The number of H-pyrrole nitrogens is 1. The van der Waals surface area contributed by atoms with Gasteiger partial charge in [0, 0.05) is 38.7 Å². The van der Waals surface area contributed by atoms with E-state index in [1.807, 2.05) is 29.2 Å². The van der Waals surface area contributed by atoms with Crippen molar-refractivity contribution < 1.29 is 19.1 Å². The maximum Gasteiger partial charge on any atom is 0.269 e. The molecule has 3 rings (SSSR count). The summed E-state index contributed by atoms with van der Waals surface area (Å²) in [5, 5.41) is 2.67. The Morgan fingerprint density at radius 1 is 1.23 bits per heavy atom. The summed E-state index contributed by atoms with van der Waals surface area (Å²) in [6, 6.07) is 7.43. The molecule has 1 atom stereocenters. The van der Waals surface area contributed by atoms with Crippen LogP contribution in [-0.2, 0) is 9.53 Å². The van der Waals surface area contributed by atoms with E-state index in [-0.39, 0.29) is 17.7 Å². The Kier molecular flexibility index (Phi) is 6.45. The van der Waals surface area contributed by atoms with E-state index >= 15 is 0 Å². The van der Waals surface area contributed by atoms with Crippen LogP contribution >= 0.6 is 0 Å². The summed E-state index contributed by atoms with van der Waals surface area (Å²) in [4.78, 5) is 35.1. The zero-order chi connectivity index (χ0) is 21.9. The van der Waals surface area contributed by atoms with Crippen LogP contribution in [0, 0.1) is 0 Å². The van der Waals surface area contributed by atoms with Crippen LogP contribution in [0.2, 0.25) is 0 Å². The average Bonchev–Trinajstić information content (AvgIpc) is 3.23. The monoisotopic (exact) mass is 414 g/mol. The van der Waals surface area contributed by atoms with E-state index in [0.29, 0.717) is 30.3 Å². The van der Waals surface area contributed by atoms with Crippen LogP contribution in [0.3, 0.4) is 0 Å². The molecule has 2 amide bonds. The molecule has 0 bridgehead atoms. The summed E-state index contributed by atoms with van der Waals surface area (Å²) < 4.78 is 10.6. The summed E-state index contributed by atoms with van der Waals surface area (Å²) in [5.74, 6) is 1.20. The number of carbonyl (C=O) groups excluding carboxylic acids is 2. The van der Waals surface area contributed by atoms with E-state index < -0.39 is 5.60 Å². The molecule has 0 unspecified atom stereocenters. The highest BCUT2D eigenvalue weighted by Crippen LogP contribution is 2.31. The van der Waals surface area contributed by atoms with Crippen molar-refractivity contribution in [2.75, 3.05) is 34.4 Å². The fourth-order valence-corrected chi connectivity index (χ4v) is 3.68. The van der Waals surface area contributed by atoms with Crippen molar-refractivity contribution in [1.29, 1.82) is 0 Å². The van der Waals surface area contributed by atoms with Gasteiger partial charge in [-0.3, -0.25) is 9.59 Å². The van der Waals surface area contributed by atoms with E-state index in [1.54, 1.807) is 35.1 Å². The first-order chi connectivity index (χ1) is 14.3. The fraction of sp³-hybridized carbons (Fsp3) is 0.500. The number of nitrogens with one attached hydrogen (secondary N) is 2.